The van der Waals surface area contributed by atoms with E-state index in [0.29, 0.717) is 0 Å². The molecule has 0 radical (unpaired) electrons. The zero-order valence-electron chi connectivity index (χ0n) is 15.3. The van der Waals surface area contributed by atoms with Crippen LogP contribution in [0.4, 0.5) is 0 Å². The van der Waals surface area contributed by atoms with Gasteiger partial charge in [-0.25, -0.2) is 0 Å². The van der Waals surface area contributed by atoms with Crippen LogP contribution in [0.25, 0.3) is 0 Å². The van der Waals surface area contributed by atoms with Gasteiger partial charge in [0.2, 0.25) is 0 Å². The molecule has 0 nitrogen and oxygen atoms in total. The van der Waals surface area contributed by atoms with E-state index in [-0.39, 0.29) is 0 Å². The zero-order chi connectivity index (χ0) is 16.6. The molecule has 0 aliphatic carbocycles. The molecule has 0 unspecified atom stereocenters. The SMILES string of the molecule is CCCCCCCCCCCCCCCCc1ccccc1Cl. The van der Waals surface area contributed by atoms with Crippen LogP contribution in [0, 0.1) is 0 Å². The summed E-state index contributed by atoms with van der Waals surface area (Å²) in [7, 11) is 0. The molecule has 0 aliphatic rings. The van der Waals surface area contributed by atoms with Crippen LogP contribution in [0.15, 0.2) is 24.3 Å². The molecule has 0 spiro atoms. The average Bonchev–Trinajstić information content (AvgIpc) is 2.57. The van der Waals surface area contributed by atoms with E-state index >= 15 is 0 Å². The maximum atomic E-state index is 6.18. The molecule has 1 rings (SSSR count). The van der Waals surface area contributed by atoms with Crippen molar-refractivity contribution in [3.05, 3.63) is 34.9 Å². The summed E-state index contributed by atoms with van der Waals surface area (Å²) in [5.41, 5.74) is 1.31. The Kier molecular flexibility index (Phi) is 13.5. The monoisotopic (exact) mass is 336 g/mol. The normalized spacial score (nSPS) is 11.0. The van der Waals surface area contributed by atoms with Crippen LogP contribution >= 0.6 is 11.6 Å². The van der Waals surface area contributed by atoms with Crippen molar-refractivity contribution in [2.45, 2.75) is 103 Å². The number of hydrogen-bond acceptors (Lipinski definition) is 0. The highest BCUT2D eigenvalue weighted by molar-refractivity contribution is 6.31. The van der Waals surface area contributed by atoms with Gasteiger partial charge >= 0.3 is 0 Å². The Hall–Kier alpha value is -0.490. The van der Waals surface area contributed by atoms with Crippen molar-refractivity contribution in [1.29, 1.82) is 0 Å². The van der Waals surface area contributed by atoms with Gasteiger partial charge in [-0.05, 0) is 24.5 Å². The quantitative estimate of drug-likeness (QED) is 0.282. The van der Waals surface area contributed by atoms with E-state index in [4.69, 9.17) is 11.6 Å². The lowest BCUT2D eigenvalue weighted by atomic mass is 10.0. The van der Waals surface area contributed by atoms with Crippen LogP contribution in [-0.4, -0.2) is 0 Å². The number of unbranched alkanes of at least 4 members (excludes halogenated alkanes) is 13. The van der Waals surface area contributed by atoms with Crippen molar-refractivity contribution in [3.8, 4) is 0 Å². The van der Waals surface area contributed by atoms with Gasteiger partial charge in [0.25, 0.3) is 0 Å². The first-order chi connectivity index (χ1) is 11.3. The van der Waals surface area contributed by atoms with Gasteiger partial charge in [-0.3, -0.25) is 0 Å². The first kappa shape index (κ1) is 20.6. The highest BCUT2D eigenvalue weighted by atomic mass is 35.5. The number of rotatable bonds is 15. The van der Waals surface area contributed by atoms with Crippen molar-refractivity contribution >= 4 is 11.6 Å². The van der Waals surface area contributed by atoms with Crippen LogP contribution in [-0.2, 0) is 6.42 Å². The Bertz CT molecular complexity index is 372. The van der Waals surface area contributed by atoms with Crippen LogP contribution in [0.1, 0.15) is 102 Å². The second kappa shape index (κ2) is 15.1. The smallest absolute Gasteiger partial charge is 0.0437 e. The summed E-state index contributed by atoms with van der Waals surface area (Å²) in [5, 5.41) is 0.933. The molecule has 0 heterocycles. The minimum absolute atomic E-state index is 0.933. The summed E-state index contributed by atoms with van der Waals surface area (Å²) in [6.45, 7) is 2.29. The molecule has 0 atom stereocenters. The lowest BCUT2D eigenvalue weighted by Crippen LogP contribution is -1.87. The Labute approximate surface area is 150 Å². The van der Waals surface area contributed by atoms with Gasteiger partial charge in [0, 0.05) is 5.02 Å². The summed E-state index contributed by atoms with van der Waals surface area (Å²) in [6, 6.07) is 8.26. The topological polar surface area (TPSA) is 0 Å². The molecule has 23 heavy (non-hydrogen) atoms. The fourth-order valence-electron chi connectivity index (χ4n) is 3.21. The van der Waals surface area contributed by atoms with Crippen LogP contribution in [0.2, 0.25) is 5.02 Å². The molecule has 0 amide bonds. The molecule has 1 heteroatoms. The van der Waals surface area contributed by atoms with Crippen molar-refractivity contribution in [2.24, 2.45) is 0 Å². The van der Waals surface area contributed by atoms with Gasteiger partial charge in [0.1, 0.15) is 0 Å². The predicted octanol–water partition coefficient (Wildman–Crippen LogP) is 8.36. The number of hydrogen-bond donors (Lipinski definition) is 0. The minimum atomic E-state index is 0.933. The van der Waals surface area contributed by atoms with Gasteiger partial charge < -0.3 is 0 Å². The average molecular weight is 337 g/mol. The second-order valence-corrected chi connectivity index (χ2v) is 7.34. The lowest BCUT2D eigenvalue weighted by Gasteiger charge is -2.05. The molecule has 1 aromatic rings. The maximum Gasteiger partial charge on any atom is 0.0437 e. The third-order valence-electron chi connectivity index (χ3n) is 4.76. The molecule has 0 N–H and O–H groups in total. The van der Waals surface area contributed by atoms with E-state index in [0.717, 1.165) is 11.4 Å². The van der Waals surface area contributed by atoms with E-state index in [2.05, 4.69) is 19.1 Å². The molecule has 0 aliphatic heterocycles. The molecule has 132 valence electrons. The summed E-state index contributed by atoms with van der Waals surface area (Å²) in [5.74, 6) is 0. The Morgan fingerprint density at radius 1 is 0.609 bits per heavy atom. The molecule has 0 fully saturated rings. The van der Waals surface area contributed by atoms with Gasteiger partial charge in [0.15, 0.2) is 0 Å². The van der Waals surface area contributed by atoms with E-state index in [1.807, 2.05) is 12.1 Å². The predicted molar refractivity (Wildman–Crippen MR) is 105 cm³/mol. The fraction of sp³-hybridized carbons (Fsp3) is 0.727. The van der Waals surface area contributed by atoms with Gasteiger partial charge in [0.05, 0.1) is 0 Å². The molecular weight excluding hydrogens is 300 g/mol. The number of halogens is 1. The van der Waals surface area contributed by atoms with E-state index < -0.39 is 0 Å². The van der Waals surface area contributed by atoms with Crippen molar-refractivity contribution in [2.75, 3.05) is 0 Å². The van der Waals surface area contributed by atoms with Gasteiger partial charge in [-0.1, -0.05) is 120 Å². The van der Waals surface area contributed by atoms with E-state index in [1.165, 1.54) is 95.5 Å². The molecule has 0 aromatic heterocycles. The standard InChI is InChI=1S/C22H37Cl/c1-2-3-4-5-6-7-8-9-10-11-12-13-14-15-18-21-19-16-17-20-22(21)23/h16-17,19-20H,2-15,18H2,1H3. The Balaban J connectivity index is 1.79. The Morgan fingerprint density at radius 2 is 1.04 bits per heavy atom. The summed E-state index contributed by atoms with van der Waals surface area (Å²) in [4.78, 5) is 0. The lowest BCUT2D eigenvalue weighted by molar-refractivity contribution is 0.535. The first-order valence-electron chi connectivity index (χ1n) is 10.1. The van der Waals surface area contributed by atoms with Gasteiger partial charge in [-0.2, -0.15) is 0 Å². The largest absolute Gasteiger partial charge is 0.0840 e. The van der Waals surface area contributed by atoms with Crippen LogP contribution < -0.4 is 0 Å². The first-order valence-corrected chi connectivity index (χ1v) is 10.5. The second-order valence-electron chi connectivity index (χ2n) is 6.94. The summed E-state index contributed by atoms with van der Waals surface area (Å²) < 4.78 is 0. The molecular formula is C22H37Cl. The third-order valence-corrected chi connectivity index (χ3v) is 5.13. The van der Waals surface area contributed by atoms with Crippen LogP contribution in [0.3, 0.4) is 0 Å². The minimum Gasteiger partial charge on any atom is -0.0840 e. The highest BCUT2D eigenvalue weighted by Gasteiger charge is 1.98. The van der Waals surface area contributed by atoms with Crippen molar-refractivity contribution < 1.29 is 0 Å². The maximum absolute atomic E-state index is 6.18. The van der Waals surface area contributed by atoms with Crippen molar-refractivity contribution in [1.82, 2.24) is 0 Å². The molecule has 0 saturated carbocycles. The molecule has 0 bridgehead atoms. The van der Waals surface area contributed by atoms with Gasteiger partial charge in [-0.15, -0.1) is 0 Å². The zero-order valence-corrected chi connectivity index (χ0v) is 16.0. The molecule has 1 aromatic carbocycles. The summed E-state index contributed by atoms with van der Waals surface area (Å²) >= 11 is 6.18. The third kappa shape index (κ3) is 11.7. The van der Waals surface area contributed by atoms with Crippen LogP contribution in [0.5, 0.6) is 0 Å². The summed E-state index contributed by atoms with van der Waals surface area (Å²) in [6.07, 6.45) is 21.0. The fourth-order valence-corrected chi connectivity index (χ4v) is 3.44. The molecule has 0 saturated heterocycles. The van der Waals surface area contributed by atoms with E-state index in [9.17, 15) is 0 Å². The number of aryl methyl sites for hydroxylation is 1. The Morgan fingerprint density at radius 3 is 1.52 bits per heavy atom. The number of benzene rings is 1. The van der Waals surface area contributed by atoms with Crippen molar-refractivity contribution in [3.63, 3.8) is 0 Å². The van der Waals surface area contributed by atoms with E-state index in [1.54, 1.807) is 0 Å². The highest BCUT2D eigenvalue weighted by Crippen LogP contribution is 2.18.